The monoisotopic (exact) mass is 183 g/mol. The molecule has 0 aromatic heterocycles. The van der Waals surface area contributed by atoms with E-state index in [1.807, 2.05) is 30.3 Å². The topological polar surface area (TPSA) is 40.4 Å². The molecule has 0 bridgehead atoms. The second-order valence-electron chi connectivity index (χ2n) is 3.04. The third-order valence-electron chi connectivity index (χ3n) is 2.00. The van der Waals surface area contributed by atoms with Gasteiger partial charge in [0.15, 0.2) is 0 Å². The molecule has 1 fully saturated rings. The Labute approximate surface area is 95.0 Å². The quantitative estimate of drug-likeness (QED) is 0.559. The minimum atomic E-state index is -0.430. The van der Waals surface area contributed by atoms with Crippen LogP contribution < -0.4 is 18.9 Å². The summed E-state index contributed by atoms with van der Waals surface area (Å²) in [7, 11) is 0. The van der Waals surface area contributed by atoms with Gasteiger partial charge in [0.1, 0.15) is 0 Å². The molecular formula is C10H10LiNO2. The van der Waals surface area contributed by atoms with Crippen LogP contribution in [0.2, 0.25) is 0 Å². The number of nitrogens with zero attached hydrogens (tertiary/aromatic N) is 1. The fraction of sp³-hybridized carbons (Fsp3) is 0.300. The average Bonchev–Trinajstić information content (AvgIpc) is 2.53. The Kier molecular flexibility index (Phi) is 4.06. The first-order valence-corrected chi connectivity index (χ1v) is 4.26. The first-order valence-electron chi connectivity index (χ1n) is 4.26. The molecule has 4 heteroatoms. The molecule has 0 N–H and O–H groups in total. The van der Waals surface area contributed by atoms with Crippen LogP contribution >= 0.6 is 0 Å². The van der Waals surface area contributed by atoms with Gasteiger partial charge in [-0.05, 0) is 5.56 Å². The summed E-state index contributed by atoms with van der Waals surface area (Å²) < 4.78 is 4.96. The van der Waals surface area contributed by atoms with Gasteiger partial charge in [0.2, 0.25) is 6.09 Å². The van der Waals surface area contributed by atoms with Crippen LogP contribution in [0.1, 0.15) is 5.56 Å². The van der Waals surface area contributed by atoms with Crippen LogP contribution in [0.3, 0.4) is 0 Å². The van der Waals surface area contributed by atoms with Gasteiger partial charge in [-0.25, -0.2) is 0 Å². The van der Waals surface area contributed by atoms with E-state index in [2.05, 4.69) is 5.32 Å². The number of hydrogen-bond donors (Lipinski definition) is 0. The van der Waals surface area contributed by atoms with Crippen LogP contribution in [-0.4, -0.2) is 18.7 Å². The molecule has 1 aliphatic heterocycles. The van der Waals surface area contributed by atoms with Crippen molar-refractivity contribution in [2.75, 3.05) is 6.54 Å². The molecule has 0 aliphatic carbocycles. The van der Waals surface area contributed by atoms with Crippen molar-refractivity contribution in [3.8, 4) is 0 Å². The summed E-state index contributed by atoms with van der Waals surface area (Å²) in [5.41, 5.74) is 1.18. The van der Waals surface area contributed by atoms with Crippen molar-refractivity contribution in [3.05, 3.63) is 41.2 Å². The molecule has 1 amide bonds. The number of rotatable bonds is 2. The molecule has 0 saturated carbocycles. The third-order valence-corrected chi connectivity index (χ3v) is 2.00. The van der Waals surface area contributed by atoms with Gasteiger partial charge in [0.05, 0.1) is 6.10 Å². The van der Waals surface area contributed by atoms with Gasteiger partial charge >= 0.3 is 18.9 Å². The predicted molar refractivity (Wildman–Crippen MR) is 48.6 cm³/mol. The fourth-order valence-electron chi connectivity index (χ4n) is 1.38. The minimum Gasteiger partial charge on any atom is -0.614 e. The minimum absolute atomic E-state index is 0. The Morgan fingerprint density at radius 2 is 2.07 bits per heavy atom. The molecular weight excluding hydrogens is 173 g/mol. The standard InChI is InChI=1S/C10H11NO2.Li/c12-10-11-7-9(13-10)6-8-4-2-1-3-5-8;/h1-5,9H,6-7H2,(H,11,12);/q;+1/p-1. The Morgan fingerprint density at radius 1 is 1.36 bits per heavy atom. The zero-order valence-corrected chi connectivity index (χ0v) is 8.14. The SMILES string of the molecule is O=C1[N-]CC(Cc2ccccc2)O1.[Li+]. The number of cyclic esters (lactones) is 1. The van der Waals surface area contributed by atoms with E-state index in [1.165, 1.54) is 5.56 Å². The summed E-state index contributed by atoms with van der Waals surface area (Å²) in [5, 5.41) is 3.65. The van der Waals surface area contributed by atoms with Crippen molar-refractivity contribution in [1.29, 1.82) is 0 Å². The smallest absolute Gasteiger partial charge is 0.614 e. The van der Waals surface area contributed by atoms with Gasteiger partial charge in [0, 0.05) is 6.42 Å². The van der Waals surface area contributed by atoms with Gasteiger partial charge in [-0.1, -0.05) is 36.9 Å². The number of benzene rings is 1. The largest absolute Gasteiger partial charge is 1.00 e. The maximum atomic E-state index is 10.7. The second-order valence-corrected chi connectivity index (χ2v) is 3.04. The summed E-state index contributed by atoms with van der Waals surface area (Å²) >= 11 is 0. The van der Waals surface area contributed by atoms with E-state index in [4.69, 9.17) is 4.74 Å². The van der Waals surface area contributed by atoms with E-state index in [1.54, 1.807) is 0 Å². The molecule has 1 unspecified atom stereocenters. The molecule has 2 rings (SSSR count). The Hall–Kier alpha value is -0.913. The van der Waals surface area contributed by atoms with Gasteiger partial charge in [0.25, 0.3) is 0 Å². The van der Waals surface area contributed by atoms with Crippen molar-refractivity contribution in [1.82, 2.24) is 0 Å². The molecule has 0 spiro atoms. The van der Waals surface area contributed by atoms with Crippen molar-refractivity contribution in [3.63, 3.8) is 0 Å². The third kappa shape index (κ3) is 2.80. The van der Waals surface area contributed by atoms with Gasteiger partial charge in [-0.15, -0.1) is 0 Å². The van der Waals surface area contributed by atoms with Crippen molar-refractivity contribution >= 4 is 6.09 Å². The maximum absolute atomic E-state index is 10.7. The van der Waals surface area contributed by atoms with Gasteiger partial charge in [-0.3, -0.25) is 4.79 Å². The summed E-state index contributed by atoms with van der Waals surface area (Å²) in [6.07, 6.45) is 0.270. The first-order chi connectivity index (χ1) is 6.34. The van der Waals surface area contributed by atoms with Gasteiger partial charge < -0.3 is 10.1 Å². The van der Waals surface area contributed by atoms with E-state index < -0.39 is 6.09 Å². The zero-order chi connectivity index (χ0) is 9.10. The average molecular weight is 183 g/mol. The van der Waals surface area contributed by atoms with E-state index in [9.17, 15) is 4.79 Å². The first kappa shape index (κ1) is 11.2. The van der Waals surface area contributed by atoms with E-state index >= 15 is 0 Å². The number of carbonyl (C=O) groups excluding carboxylic acids is 1. The molecule has 1 saturated heterocycles. The maximum Gasteiger partial charge on any atom is 1.00 e. The number of carbonyl (C=O) groups is 1. The molecule has 1 aliphatic rings. The van der Waals surface area contributed by atoms with E-state index in [0.717, 1.165) is 6.42 Å². The number of amides is 1. The molecule has 68 valence electrons. The Morgan fingerprint density at radius 3 is 2.64 bits per heavy atom. The Bertz CT molecular complexity index is 302. The van der Waals surface area contributed by atoms with E-state index in [-0.39, 0.29) is 25.0 Å². The molecule has 3 nitrogen and oxygen atoms in total. The summed E-state index contributed by atoms with van der Waals surface area (Å²) in [5.74, 6) is 0. The molecule has 1 atom stereocenters. The van der Waals surface area contributed by atoms with Crippen LogP contribution in [-0.2, 0) is 11.2 Å². The van der Waals surface area contributed by atoms with Crippen LogP contribution in [0.4, 0.5) is 4.79 Å². The summed E-state index contributed by atoms with van der Waals surface area (Å²) in [4.78, 5) is 10.7. The van der Waals surface area contributed by atoms with Crippen molar-refractivity contribution in [2.45, 2.75) is 12.5 Å². The summed E-state index contributed by atoms with van der Waals surface area (Å²) in [6.45, 7) is 0.494. The molecule has 1 heterocycles. The zero-order valence-electron chi connectivity index (χ0n) is 8.14. The summed E-state index contributed by atoms with van der Waals surface area (Å²) in [6, 6.07) is 9.96. The molecule has 14 heavy (non-hydrogen) atoms. The number of ether oxygens (including phenoxy) is 1. The number of hydrogen-bond acceptors (Lipinski definition) is 2. The molecule has 0 radical (unpaired) electrons. The predicted octanol–water partition coefficient (Wildman–Crippen LogP) is -0.874. The fourth-order valence-corrected chi connectivity index (χ4v) is 1.38. The van der Waals surface area contributed by atoms with Crippen LogP contribution in [0.15, 0.2) is 30.3 Å². The van der Waals surface area contributed by atoms with Crippen molar-refractivity contribution < 1.29 is 28.4 Å². The van der Waals surface area contributed by atoms with E-state index in [0.29, 0.717) is 6.54 Å². The Balaban J connectivity index is 0.000000980. The van der Waals surface area contributed by atoms with Crippen LogP contribution in [0.25, 0.3) is 5.32 Å². The van der Waals surface area contributed by atoms with Crippen LogP contribution in [0, 0.1) is 0 Å². The normalized spacial score (nSPS) is 19.4. The van der Waals surface area contributed by atoms with Gasteiger partial charge in [-0.2, -0.15) is 0 Å². The molecule has 1 aromatic rings. The molecule has 1 aromatic carbocycles. The van der Waals surface area contributed by atoms with Crippen LogP contribution in [0.5, 0.6) is 0 Å². The second kappa shape index (κ2) is 5.09. The van der Waals surface area contributed by atoms with Crippen molar-refractivity contribution in [2.24, 2.45) is 0 Å².